The van der Waals surface area contributed by atoms with Crippen LogP contribution in [0.3, 0.4) is 0 Å². The van der Waals surface area contributed by atoms with E-state index in [1.54, 1.807) is 0 Å². The lowest BCUT2D eigenvalue weighted by atomic mass is 9.78. The normalized spacial score (nSPS) is 17.4. The van der Waals surface area contributed by atoms with Gasteiger partial charge in [-0.1, -0.05) is 19.3 Å². The van der Waals surface area contributed by atoms with Crippen molar-refractivity contribution in [2.24, 2.45) is 0 Å². The molecule has 0 aromatic heterocycles. The molecule has 1 aromatic rings. The van der Waals surface area contributed by atoms with Gasteiger partial charge in [0.15, 0.2) is 0 Å². The number of benzene rings is 1. The fourth-order valence-electron chi connectivity index (χ4n) is 3.35. The molecule has 0 radical (unpaired) electrons. The number of hydrogen-bond donors (Lipinski definition) is 3. The van der Waals surface area contributed by atoms with Crippen molar-refractivity contribution in [2.45, 2.75) is 44.1 Å². The molecule has 0 bridgehead atoms. The Balaban J connectivity index is 1.93. The van der Waals surface area contributed by atoms with Gasteiger partial charge >= 0.3 is 0 Å². The van der Waals surface area contributed by atoms with Gasteiger partial charge in [-0.2, -0.15) is 0 Å². The number of aromatic hydroxyl groups is 2. The van der Waals surface area contributed by atoms with E-state index in [0.717, 1.165) is 6.42 Å². The highest BCUT2D eigenvalue weighted by atomic mass is 16.3. The van der Waals surface area contributed by atoms with Gasteiger partial charge in [0.2, 0.25) is 0 Å². The predicted octanol–water partition coefficient (Wildman–Crippen LogP) is 2.48. The highest BCUT2D eigenvalue weighted by Gasteiger charge is 2.33. The van der Waals surface area contributed by atoms with E-state index in [0.29, 0.717) is 6.54 Å². The number of nitrogens with zero attached hydrogens (tertiary/aromatic N) is 1. The molecule has 122 valence electrons. The van der Waals surface area contributed by atoms with Crippen LogP contribution in [0.15, 0.2) is 18.2 Å². The van der Waals surface area contributed by atoms with Gasteiger partial charge in [0.05, 0.1) is 5.56 Å². The molecule has 1 saturated carbocycles. The molecule has 3 N–H and O–H groups in total. The molecule has 0 aliphatic heterocycles. The highest BCUT2D eigenvalue weighted by Crippen LogP contribution is 2.34. The average Bonchev–Trinajstić information content (AvgIpc) is 2.47. The molecule has 1 aliphatic carbocycles. The lowest BCUT2D eigenvalue weighted by molar-refractivity contribution is 0.0834. The van der Waals surface area contributed by atoms with Crippen LogP contribution in [0.5, 0.6) is 11.5 Å². The second-order valence-corrected chi connectivity index (χ2v) is 6.39. The standard InChI is InChI=1S/C17H26N2O3/c1-19(2)17(8-4-3-5-9-17)10-11-18-16(22)14-7-6-13(20)12-15(14)21/h6-7,12,20-21H,3-5,8-11H2,1-2H3,(H,18,22). The van der Waals surface area contributed by atoms with Crippen molar-refractivity contribution in [2.75, 3.05) is 20.6 Å². The van der Waals surface area contributed by atoms with Crippen molar-refractivity contribution in [1.29, 1.82) is 0 Å². The fraction of sp³-hybridized carbons (Fsp3) is 0.588. The van der Waals surface area contributed by atoms with Gasteiger partial charge in [0.1, 0.15) is 11.5 Å². The molecule has 1 aliphatic rings. The lowest BCUT2D eigenvalue weighted by Gasteiger charge is -2.43. The highest BCUT2D eigenvalue weighted by molar-refractivity contribution is 5.96. The van der Waals surface area contributed by atoms with Crippen LogP contribution in [0.1, 0.15) is 48.9 Å². The minimum absolute atomic E-state index is 0.0529. The van der Waals surface area contributed by atoms with Gasteiger partial charge in [-0.05, 0) is 45.5 Å². The predicted molar refractivity (Wildman–Crippen MR) is 86.2 cm³/mol. The summed E-state index contributed by atoms with van der Waals surface area (Å²) in [5.74, 6) is -0.553. The number of rotatable bonds is 5. The summed E-state index contributed by atoms with van der Waals surface area (Å²) in [6.07, 6.45) is 7.02. The van der Waals surface area contributed by atoms with Gasteiger partial charge in [-0.3, -0.25) is 4.79 Å². The van der Waals surface area contributed by atoms with E-state index in [2.05, 4.69) is 24.3 Å². The third-order valence-corrected chi connectivity index (χ3v) is 4.83. The molecule has 2 rings (SSSR count). The first-order valence-electron chi connectivity index (χ1n) is 7.92. The van der Waals surface area contributed by atoms with Crippen LogP contribution in [0.2, 0.25) is 0 Å². The zero-order valence-corrected chi connectivity index (χ0v) is 13.4. The molecule has 22 heavy (non-hydrogen) atoms. The maximum Gasteiger partial charge on any atom is 0.255 e. The summed E-state index contributed by atoms with van der Waals surface area (Å²) >= 11 is 0. The van der Waals surface area contributed by atoms with Crippen LogP contribution in [0.4, 0.5) is 0 Å². The molecule has 0 heterocycles. The fourth-order valence-corrected chi connectivity index (χ4v) is 3.35. The number of nitrogens with one attached hydrogen (secondary N) is 1. The van der Waals surface area contributed by atoms with E-state index < -0.39 is 0 Å². The number of amides is 1. The second-order valence-electron chi connectivity index (χ2n) is 6.39. The number of carbonyl (C=O) groups excluding carboxylic acids is 1. The van der Waals surface area contributed by atoms with Crippen molar-refractivity contribution in [3.05, 3.63) is 23.8 Å². The first kappa shape index (κ1) is 16.6. The van der Waals surface area contributed by atoms with Crippen molar-refractivity contribution in [3.63, 3.8) is 0 Å². The third-order valence-electron chi connectivity index (χ3n) is 4.83. The maximum atomic E-state index is 12.1. The van der Waals surface area contributed by atoms with E-state index in [9.17, 15) is 15.0 Å². The molecule has 1 amide bonds. The molecule has 1 aromatic carbocycles. The first-order chi connectivity index (χ1) is 10.4. The summed E-state index contributed by atoms with van der Waals surface area (Å²) in [6.45, 7) is 0.581. The van der Waals surface area contributed by atoms with E-state index in [1.165, 1.54) is 50.3 Å². The van der Waals surface area contributed by atoms with E-state index >= 15 is 0 Å². The number of phenols is 2. The van der Waals surface area contributed by atoms with Crippen LogP contribution in [-0.2, 0) is 0 Å². The van der Waals surface area contributed by atoms with Crippen molar-refractivity contribution in [3.8, 4) is 11.5 Å². The third kappa shape index (κ3) is 3.71. The van der Waals surface area contributed by atoms with Crippen LogP contribution >= 0.6 is 0 Å². The molecular formula is C17H26N2O3. The van der Waals surface area contributed by atoms with Crippen molar-refractivity contribution in [1.82, 2.24) is 10.2 Å². The lowest BCUT2D eigenvalue weighted by Crippen LogP contribution is -2.48. The monoisotopic (exact) mass is 306 g/mol. The Morgan fingerprint density at radius 2 is 1.91 bits per heavy atom. The van der Waals surface area contributed by atoms with E-state index in [1.807, 2.05) is 0 Å². The molecule has 0 atom stereocenters. The molecule has 5 heteroatoms. The molecule has 0 spiro atoms. The van der Waals surface area contributed by atoms with E-state index in [-0.39, 0.29) is 28.5 Å². The molecular weight excluding hydrogens is 280 g/mol. The van der Waals surface area contributed by atoms with Gasteiger partial charge in [-0.15, -0.1) is 0 Å². The summed E-state index contributed by atoms with van der Waals surface area (Å²) in [5.41, 5.74) is 0.364. The Kier molecular flexibility index (Phi) is 5.29. The minimum Gasteiger partial charge on any atom is -0.508 e. The van der Waals surface area contributed by atoms with Crippen LogP contribution in [0, 0.1) is 0 Å². The summed E-state index contributed by atoms with van der Waals surface area (Å²) in [7, 11) is 4.22. The number of phenolic OH excluding ortho intramolecular Hbond substituents is 2. The summed E-state index contributed by atoms with van der Waals surface area (Å²) < 4.78 is 0. The Labute approximate surface area is 131 Å². The summed E-state index contributed by atoms with van der Waals surface area (Å²) in [4.78, 5) is 14.4. The summed E-state index contributed by atoms with van der Waals surface area (Å²) in [6, 6.07) is 4.01. The van der Waals surface area contributed by atoms with Crippen molar-refractivity contribution < 1.29 is 15.0 Å². The maximum absolute atomic E-state index is 12.1. The largest absolute Gasteiger partial charge is 0.508 e. The van der Waals surface area contributed by atoms with Crippen LogP contribution in [0.25, 0.3) is 0 Å². The smallest absolute Gasteiger partial charge is 0.255 e. The zero-order chi connectivity index (χ0) is 16.2. The number of hydrogen-bond acceptors (Lipinski definition) is 4. The minimum atomic E-state index is -0.304. The Morgan fingerprint density at radius 1 is 1.23 bits per heavy atom. The Bertz CT molecular complexity index is 523. The Hall–Kier alpha value is -1.75. The van der Waals surface area contributed by atoms with E-state index in [4.69, 9.17) is 0 Å². The number of carbonyl (C=O) groups is 1. The Morgan fingerprint density at radius 3 is 2.50 bits per heavy atom. The van der Waals surface area contributed by atoms with Crippen molar-refractivity contribution >= 4 is 5.91 Å². The van der Waals surface area contributed by atoms with Gasteiger partial charge in [0.25, 0.3) is 5.91 Å². The topological polar surface area (TPSA) is 72.8 Å². The molecule has 5 nitrogen and oxygen atoms in total. The molecule has 0 unspecified atom stereocenters. The van der Waals surface area contributed by atoms with Crippen LogP contribution < -0.4 is 5.32 Å². The SMILES string of the molecule is CN(C)C1(CCNC(=O)c2ccc(O)cc2O)CCCCC1. The van der Waals surface area contributed by atoms with Gasteiger partial charge in [-0.25, -0.2) is 0 Å². The first-order valence-corrected chi connectivity index (χ1v) is 7.92. The van der Waals surface area contributed by atoms with Gasteiger partial charge in [0, 0.05) is 18.2 Å². The molecule has 0 saturated heterocycles. The quantitative estimate of drug-likeness (QED) is 0.781. The second kappa shape index (κ2) is 7.01. The zero-order valence-electron chi connectivity index (χ0n) is 13.4. The molecule has 1 fully saturated rings. The van der Waals surface area contributed by atoms with Crippen LogP contribution in [-0.4, -0.2) is 47.2 Å². The summed E-state index contributed by atoms with van der Waals surface area (Å²) in [5, 5.41) is 21.9. The average molecular weight is 306 g/mol. The van der Waals surface area contributed by atoms with Gasteiger partial charge < -0.3 is 20.4 Å².